The number of nitrogens with zero attached hydrogens (tertiary/aromatic N) is 2. The van der Waals surface area contributed by atoms with Gasteiger partial charge in [0, 0.05) is 7.05 Å². The van der Waals surface area contributed by atoms with E-state index in [1.807, 2.05) is 0 Å². The molecule has 46 valence electrons. The lowest BCUT2D eigenvalue weighted by molar-refractivity contribution is 1.36. The maximum atomic E-state index is 5.24. The molecular weight excluding hydrogens is 102 g/mol. The molecule has 0 aliphatic carbocycles. The van der Waals surface area contributed by atoms with E-state index in [9.17, 15) is 0 Å². The van der Waals surface area contributed by atoms with E-state index in [-0.39, 0.29) is 0 Å². The summed E-state index contributed by atoms with van der Waals surface area (Å²) in [6, 6.07) is 0. The van der Waals surface area contributed by atoms with Crippen LogP contribution in [0.5, 0.6) is 0 Å². The molecule has 0 aliphatic heterocycles. The molecule has 0 aliphatic rings. The molecule has 3 heteroatoms. The molecule has 0 saturated heterocycles. The molecule has 3 nitrogen and oxygen atoms in total. The summed E-state index contributed by atoms with van der Waals surface area (Å²) in [7, 11) is 1.68. The first-order valence-electron chi connectivity index (χ1n) is 2.41. The van der Waals surface area contributed by atoms with Crippen LogP contribution in [-0.2, 0) is 0 Å². The van der Waals surface area contributed by atoms with Gasteiger partial charge in [0.25, 0.3) is 0 Å². The monoisotopic (exact) mass is 113 g/mol. The van der Waals surface area contributed by atoms with Crippen molar-refractivity contribution < 1.29 is 0 Å². The van der Waals surface area contributed by atoms with Gasteiger partial charge in [-0.1, -0.05) is 0 Å². The number of hydrogen-bond donors (Lipinski definition) is 1. The smallest absolute Gasteiger partial charge is 0.121 e. The average molecular weight is 113 g/mol. The van der Waals surface area contributed by atoms with Crippen LogP contribution in [0.15, 0.2) is 9.98 Å². The van der Waals surface area contributed by atoms with Gasteiger partial charge in [-0.25, -0.2) is 4.99 Å². The third-order valence-corrected chi connectivity index (χ3v) is 0.662. The molecule has 0 bridgehead atoms. The molecule has 0 unspecified atom stereocenters. The summed E-state index contributed by atoms with van der Waals surface area (Å²) in [5, 5.41) is 0. The molecule has 0 aromatic carbocycles. The molecule has 0 radical (unpaired) electrons. The standard InChI is InChI=1S/C5H11N3/c1-4(6)8-5(2)7-3/h1-3H3,(H2,6,7,8). The number of rotatable bonds is 0. The summed E-state index contributed by atoms with van der Waals surface area (Å²) in [5.41, 5.74) is 5.24. The Morgan fingerprint density at radius 1 is 1.38 bits per heavy atom. The van der Waals surface area contributed by atoms with E-state index in [0.29, 0.717) is 11.7 Å². The van der Waals surface area contributed by atoms with Crippen molar-refractivity contribution in [2.75, 3.05) is 7.05 Å². The zero-order valence-electron chi connectivity index (χ0n) is 5.47. The fourth-order valence-electron chi connectivity index (χ4n) is 0.305. The molecule has 0 fully saturated rings. The van der Waals surface area contributed by atoms with Crippen molar-refractivity contribution in [2.45, 2.75) is 13.8 Å². The van der Waals surface area contributed by atoms with Crippen molar-refractivity contribution in [3.8, 4) is 0 Å². The van der Waals surface area contributed by atoms with Gasteiger partial charge in [-0.15, -0.1) is 0 Å². The molecule has 0 atom stereocenters. The summed E-state index contributed by atoms with van der Waals surface area (Å²) in [6.07, 6.45) is 0. The lowest BCUT2D eigenvalue weighted by atomic mass is 10.6. The predicted molar refractivity (Wildman–Crippen MR) is 36.3 cm³/mol. The number of amidine groups is 2. The van der Waals surface area contributed by atoms with Gasteiger partial charge < -0.3 is 5.73 Å². The number of aliphatic imine (C=N–C) groups is 2. The van der Waals surface area contributed by atoms with Gasteiger partial charge >= 0.3 is 0 Å². The van der Waals surface area contributed by atoms with E-state index in [1.54, 1.807) is 20.9 Å². The normalized spacial score (nSPS) is 14.4. The molecule has 0 amide bonds. The summed E-state index contributed by atoms with van der Waals surface area (Å²) in [4.78, 5) is 7.62. The van der Waals surface area contributed by atoms with Crippen LogP contribution in [0.25, 0.3) is 0 Å². The van der Waals surface area contributed by atoms with Crippen molar-refractivity contribution in [2.24, 2.45) is 15.7 Å². The second kappa shape index (κ2) is 3.18. The minimum atomic E-state index is 0.549. The molecule has 0 saturated carbocycles. The highest BCUT2D eigenvalue weighted by molar-refractivity contribution is 5.93. The Kier molecular flexibility index (Phi) is 2.84. The molecule has 0 aromatic heterocycles. The minimum absolute atomic E-state index is 0.549. The topological polar surface area (TPSA) is 50.7 Å². The zero-order chi connectivity index (χ0) is 6.57. The third-order valence-electron chi connectivity index (χ3n) is 0.662. The van der Waals surface area contributed by atoms with Crippen molar-refractivity contribution in [1.29, 1.82) is 0 Å². The summed E-state index contributed by atoms with van der Waals surface area (Å²) in [5.74, 6) is 1.26. The fraction of sp³-hybridized carbons (Fsp3) is 0.600. The second-order valence-electron chi connectivity index (χ2n) is 1.52. The largest absolute Gasteiger partial charge is 0.387 e. The lowest BCUT2D eigenvalue weighted by Crippen LogP contribution is -2.07. The average Bonchev–Trinajstić information content (AvgIpc) is 1.65. The predicted octanol–water partition coefficient (Wildman–Crippen LogP) is 0.412. The van der Waals surface area contributed by atoms with E-state index in [1.165, 1.54) is 0 Å². The zero-order valence-corrected chi connectivity index (χ0v) is 5.47. The molecule has 0 heterocycles. The molecule has 8 heavy (non-hydrogen) atoms. The van der Waals surface area contributed by atoms with Gasteiger partial charge in [0.05, 0.1) is 5.84 Å². The minimum Gasteiger partial charge on any atom is -0.387 e. The van der Waals surface area contributed by atoms with Gasteiger partial charge in [0.1, 0.15) is 5.84 Å². The van der Waals surface area contributed by atoms with Gasteiger partial charge in [-0.05, 0) is 13.8 Å². The highest BCUT2D eigenvalue weighted by Crippen LogP contribution is 1.75. The SMILES string of the molecule is C/N=C(C)\N=C(/C)N. The first-order valence-corrected chi connectivity index (χ1v) is 2.41. The Bertz CT molecular complexity index is 120. The van der Waals surface area contributed by atoms with Crippen LogP contribution >= 0.6 is 0 Å². The summed E-state index contributed by atoms with van der Waals surface area (Å²) >= 11 is 0. The van der Waals surface area contributed by atoms with E-state index in [0.717, 1.165) is 0 Å². The number of hydrogen-bond acceptors (Lipinski definition) is 1. The summed E-state index contributed by atoms with van der Waals surface area (Å²) in [6.45, 7) is 3.53. The van der Waals surface area contributed by atoms with Crippen LogP contribution in [0.3, 0.4) is 0 Å². The maximum absolute atomic E-state index is 5.24. The Labute approximate surface area is 49.3 Å². The maximum Gasteiger partial charge on any atom is 0.121 e. The van der Waals surface area contributed by atoms with E-state index in [2.05, 4.69) is 9.98 Å². The van der Waals surface area contributed by atoms with Crippen molar-refractivity contribution in [3.63, 3.8) is 0 Å². The highest BCUT2D eigenvalue weighted by atomic mass is 14.9. The number of nitrogens with two attached hydrogens (primary N) is 1. The Morgan fingerprint density at radius 2 is 1.88 bits per heavy atom. The first-order chi connectivity index (χ1) is 3.66. The van der Waals surface area contributed by atoms with Gasteiger partial charge in [0.2, 0.25) is 0 Å². The molecule has 0 spiro atoms. The third kappa shape index (κ3) is 3.33. The Balaban J connectivity index is 3.89. The van der Waals surface area contributed by atoms with Crippen LogP contribution in [-0.4, -0.2) is 18.7 Å². The first kappa shape index (κ1) is 7.14. The van der Waals surface area contributed by atoms with Crippen LogP contribution < -0.4 is 5.73 Å². The molecule has 0 rings (SSSR count). The summed E-state index contributed by atoms with van der Waals surface area (Å²) < 4.78 is 0. The fourth-order valence-corrected chi connectivity index (χ4v) is 0.305. The molecule has 2 N–H and O–H groups in total. The van der Waals surface area contributed by atoms with E-state index >= 15 is 0 Å². The molecular formula is C5H11N3. The quantitative estimate of drug-likeness (QED) is 0.359. The van der Waals surface area contributed by atoms with Crippen LogP contribution in [0.2, 0.25) is 0 Å². The van der Waals surface area contributed by atoms with Crippen molar-refractivity contribution >= 4 is 11.7 Å². The van der Waals surface area contributed by atoms with Gasteiger partial charge in [0.15, 0.2) is 0 Å². The van der Waals surface area contributed by atoms with Gasteiger partial charge in [-0.3, -0.25) is 4.99 Å². The van der Waals surface area contributed by atoms with Crippen molar-refractivity contribution in [1.82, 2.24) is 0 Å². The van der Waals surface area contributed by atoms with E-state index in [4.69, 9.17) is 5.73 Å². The Morgan fingerprint density at radius 3 is 2.00 bits per heavy atom. The second-order valence-corrected chi connectivity index (χ2v) is 1.52. The molecule has 0 aromatic rings. The van der Waals surface area contributed by atoms with Crippen molar-refractivity contribution in [3.05, 3.63) is 0 Å². The van der Waals surface area contributed by atoms with E-state index < -0.39 is 0 Å². The highest BCUT2D eigenvalue weighted by Gasteiger charge is 1.80. The Hall–Kier alpha value is -0.860. The van der Waals surface area contributed by atoms with Gasteiger partial charge in [-0.2, -0.15) is 0 Å². The lowest BCUT2D eigenvalue weighted by Gasteiger charge is -1.87. The van der Waals surface area contributed by atoms with Crippen LogP contribution in [0.4, 0.5) is 0 Å². The van der Waals surface area contributed by atoms with Crippen LogP contribution in [0, 0.1) is 0 Å². The van der Waals surface area contributed by atoms with Crippen LogP contribution in [0.1, 0.15) is 13.8 Å².